The summed E-state index contributed by atoms with van der Waals surface area (Å²) in [6.07, 6.45) is -0.405. The Balaban J connectivity index is 1.96. The van der Waals surface area contributed by atoms with Gasteiger partial charge in [-0.1, -0.05) is 38.1 Å². The van der Waals surface area contributed by atoms with Gasteiger partial charge in [0.1, 0.15) is 6.54 Å². The third-order valence-electron chi connectivity index (χ3n) is 4.56. The van der Waals surface area contributed by atoms with Crippen molar-refractivity contribution in [1.29, 1.82) is 0 Å². The minimum atomic E-state index is -0.405. The van der Waals surface area contributed by atoms with Crippen molar-refractivity contribution in [2.24, 2.45) is 0 Å². The maximum Gasteiger partial charge on any atom is 0.410 e. The number of hydrogen-bond acceptors (Lipinski definition) is 3. The fraction of sp³-hybridized carbons (Fsp3) is 0.529. The molecule has 1 unspecified atom stereocenters. The minimum absolute atomic E-state index is 0.00752. The third kappa shape index (κ3) is 2.34. The zero-order chi connectivity index (χ0) is 15.9. The number of carbonyl (C=O) groups excluding carboxylic acids is 2. The van der Waals surface area contributed by atoms with Crippen LogP contribution in [-0.4, -0.2) is 48.0 Å². The Morgan fingerprint density at radius 1 is 1.36 bits per heavy atom. The Bertz CT molecular complexity index is 612. The van der Waals surface area contributed by atoms with Crippen molar-refractivity contribution in [2.45, 2.75) is 32.2 Å². The summed E-state index contributed by atoms with van der Waals surface area (Å²) in [6, 6.07) is 8.14. The second-order valence-corrected chi connectivity index (χ2v) is 6.59. The lowest BCUT2D eigenvalue weighted by Gasteiger charge is -2.49. The number of rotatable bonds is 1. The van der Waals surface area contributed by atoms with Crippen LogP contribution < -0.4 is 0 Å². The number of nitrogens with zero attached hydrogens (tertiary/aromatic N) is 2. The summed E-state index contributed by atoms with van der Waals surface area (Å²) < 4.78 is 5.05. The van der Waals surface area contributed by atoms with Gasteiger partial charge in [-0.25, -0.2) is 4.79 Å². The lowest BCUT2D eigenvalue weighted by molar-refractivity contribution is -0.141. The monoisotopic (exact) mass is 302 g/mol. The number of carbonyl (C=O) groups is 2. The number of amides is 2. The molecule has 0 bridgehead atoms. The van der Waals surface area contributed by atoms with Crippen LogP contribution in [0.4, 0.5) is 4.79 Å². The molecule has 0 saturated carbocycles. The summed E-state index contributed by atoms with van der Waals surface area (Å²) in [6.45, 7) is 7.70. The summed E-state index contributed by atoms with van der Waals surface area (Å²) in [5.41, 5.74) is 2.32. The van der Waals surface area contributed by atoms with E-state index in [4.69, 9.17) is 4.74 Å². The number of hydrogen-bond donors (Lipinski definition) is 0. The first kappa shape index (κ1) is 14.9. The number of fused-ring (bicyclic) bond motifs is 3. The van der Waals surface area contributed by atoms with Crippen LogP contribution in [0.25, 0.3) is 0 Å². The van der Waals surface area contributed by atoms with Crippen LogP contribution in [-0.2, 0) is 14.9 Å². The Labute approximate surface area is 130 Å². The third-order valence-corrected chi connectivity index (χ3v) is 4.56. The number of ether oxygens (including phenoxy) is 1. The van der Waals surface area contributed by atoms with E-state index in [9.17, 15) is 9.59 Å². The SMILES string of the molecule is CCOC(=O)N1CC(=O)N2CC(C)(C)c3ccccc3C2C1. The molecule has 5 heteroatoms. The molecule has 0 N–H and O–H groups in total. The van der Waals surface area contributed by atoms with Gasteiger partial charge in [-0.2, -0.15) is 0 Å². The second kappa shape index (κ2) is 5.30. The van der Waals surface area contributed by atoms with Gasteiger partial charge in [-0.15, -0.1) is 0 Å². The van der Waals surface area contributed by atoms with Crippen molar-refractivity contribution < 1.29 is 14.3 Å². The Morgan fingerprint density at radius 2 is 2.09 bits per heavy atom. The fourth-order valence-electron chi connectivity index (χ4n) is 3.53. The van der Waals surface area contributed by atoms with Crippen LogP contribution in [0, 0.1) is 0 Å². The molecule has 118 valence electrons. The average Bonchev–Trinajstić information content (AvgIpc) is 2.48. The van der Waals surface area contributed by atoms with Crippen LogP contribution in [0.2, 0.25) is 0 Å². The topological polar surface area (TPSA) is 49.9 Å². The summed E-state index contributed by atoms with van der Waals surface area (Å²) in [7, 11) is 0. The van der Waals surface area contributed by atoms with Crippen LogP contribution in [0.3, 0.4) is 0 Å². The van der Waals surface area contributed by atoms with E-state index >= 15 is 0 Å². The van der Waals surface area contributed by atoms with E-state index in [1.54, 1.807) is 6.92 Å². The van der Waals surface area contributed by atoms with Gasteiger partial charge in [0.25, 0.3) is 0 Å². The first-order valence-corrected chi connectivity index (χ1v) is 7.74. The molecule has 1 atom stereocenters. The molecule has 0 radical (unpaired) electrons. The molecule has 1 aromatic carbocycles. The molecule has 0 aromatic heterocycles. The molecule has 22 heavy (non-hydrogen) atoms. The number of benzene rings is 1. The van der Waals surface area contributed by atoms with E-state index in [0.29, 0.717) is 19.7 Å². The molecule has 1 saturated heterocycles. The molecule has 5 nitrogen and oxygen atoms in total. The largest absolute Gasteiger partial charge is 0.450 e. The Hall–Kier alpha value is -2.04. The average molecular weight is 302 g/mol. The second-order valence-electron chi connectivity index (χ2n) is 6.59. The molecule has 2 aliphatic rings. The van der Waals surface area contributed by atoms with Crippen LogP contribution >= 0.6 is 0 Å². The first-order valence-electron chi connectivity index (χ1n) is 7.74. The van der Waals surface area contributed by atoms with Gasteiger partial charge in [0.15, 0.2) is 0 Å². The standard InChI is InChI=1S/C17H22N2O3/c1-4-22-16(21)18-9-14-12-7-5-6-8-13(12)17(2,3)11-19(14)15(20)10-18/h5-8,14H,4,9-11H2,1-3H3. The summed E-state index contributed by atoms with van der Waals surface area (Å²) in [4.78, 5) is 27.9. The van der Waals surface area contributed by atoms with E-state index < -0.39 is 6.09 Å². The molecule has 0 aliphatic carbocycles. The van der Waals surface area contributed by atoms with Crippen molar-refractivity contribution in [3.63, 3.8) is 0 Å². The van der Waals surface area contributed by atoms with E-state index in [-0.39, 0.29) is 23.9 Å². The van der Waals surface area contributed by atoms with Gasteiger partial charge in [-0.3, -0.25) is 9.69 Å². The first-order chi connectivity index (χ1) is 10.4. The van der Waals surface area contributed by atoms with Gasteiger partial charge in [0.05, 0.1) is 12.6 Å². The molecule has 2 heterocycles. The molecule has 2 amide bonds. The molecule has 2 aliphatic heterocycles. The summed E-state index contributed by atoms with van der Waals surface area (Å²) in [5.74, 6) is -0.00752. The van der Waals surface area contributed by atoms with Crippen LogP contribution in [0.15, 0.2) is 24.3 Å². The van der Waals surface area contributed by atoms with E-state index in [1.165, 1.54) is 10.5 Å². The zero-order valence-corrected chi connectivity index (χ0v) is 13.3. The Morgan fingerprint density at radius 3 is 2.82 bits per heavy atom. The van der Waals surface area contributed by atoms with E-state index in [0.717, 1.165) is 5.56 Å². The van der Waals surface area contributed by atoms with Crippen molar-refractivity contribution in [2.75, 3.05) is 26.2 Å². The molecule has 3 rings (SSSR count). The fourth-order valence-corrected chi connectivity index (χ4v) is 3.53. The van der Waals surface area contributed by atoms with Gasteiger partial charge in [0, 0.05) is 18.5 Å². The van der Waals surface area contributed by atoms with Crippen molar-refractivity contribution in [3.8, 4) is 0 Å². The molecule has 1 fully saturated rings. The lowest BCUT2D eigenvalue weighted by Crippen LogP contribution is -2.58. The van der Waals surface area contributed by atoms with Gasteiger partial charge < -0.3 is 9.64 Å². The van der Waals surface area contributed by atoms with Crippen molar-refractivity contribution in [1.82, 2.24) is 9.80 Å². The maximum atomic E-state index is 12.5. The van der Waals surface area contributed by atoms with E-state index in [1.807, 2.05) is 17.0 Å². The predicted octanol–water partition coefficient (Wildman–Crippen LogP) is 2.32. The maximum absolute atomic E-state index is 12.5. The molecule has 1 aromatic rings. The summed E-state index contributed by atoms with van der Waals surface area (Å²) >= 11 is 0. The van der Waals surface area contributed by atoms with Gasteiger partial charge in [0.2, 0.25) is 5.91 Å². The quantitative estimate of drug-likeness (QED) is 0.800. The molecular weight excluding hydrogens is 280 g/mol. The van der Waals surface area contributed by atoms with Crippen molar-refractivity contribution >= 4 is 12.0 Å². The highest BCUT2D eigenvalue weighted by Crippen LogP contribution is 2.41. The van der Waals surface area contributed by atoms with Gasteiger partial charge >= 0.3 is 6.09 Å². The highest BCUT2D eigenvalue weighted by atomic mass is 16.6. The predicted molar refractivity (Wildman–Crippen MR) is 82.5 cm³/mol. The smallest absolute Gasteiger partial charge is 0.410 e. The summed E-state index contributed by atoms with van der Waals surface area (Å²) in [5, 5.41) is 0. The van der Waals surface area contributed by atoms with Crippen LogP contribution in [0.1, 0.15) is 37.9 Å². The highest BCUT2D eigenvalue weighted by molar-refractivity contribution is 5.84. The normalized spacial score (nSPS) is 22.9. The van der Waals surface area contributed by atoms with Crippen LogP contribution in [0.5, 0.6) is 0 Å². The highest BCUT2D eigenvalue weighted by Gasteiger charge is 2.44. The number of piperazine rings is 1. The Kier molecular flexibility index (Phi) is 3.59. The van der Waals surface area contributed by atoms with E-state index in [2.05, 4.69) is 26.0 Å². The lowest BCUT2D eigenvalue weighted by atomic mass is 9.75. The zero-order valence-electron chi connectivity index (χ0n) is 13.3. The van der Waals surface area contributed by atoms with Gasteiger partial charge in [-0.05, 0) is 18.1 Å². The minimum Gasteiger partial charge on any atom is -0.450 e. The molecular formula is C17H22N2O3. The van der Waals surface area contributed by atoms with Crippen molar-refractivity contribution in [3.05, 3.63) is 35.4 Å². The molecule has 0 spiro atoms.